The predicted molar refractivity (Wildman–Crippen MR) is 73.2 cm³/mol. The fraction of sp³-hybridized carbons (Fsp3) is 0.154. The Morgan fingerprint density at radius 1 is 1.00 bits per heavy atom. The van der Waals surface area contributed by atoms with Crippen LogP contribution in [0.4, 0.5) is 0 Å². The number of aromatic nitrogens is 2. The first-order chi connectivity index (χ1) is 7.17. The van der Waals surface area contributed by atoms with E-state index in [9.17, 15) is 0 Å². The molecule has 0 saturated carbocycles. The van der Waals surface area contributed by atoms with Crippen molar-refractivity contribution >= 4 is 27.0 Å². The molecule has 0 aliphatic carbocycles. The first-order valence-corrected chi connectivity index (χ1v) is 5.25. The molecule has 5 heteroatoms. The van der Waals surface area contributed by atoms with Gasteiger partial charge in [0.05, 0.1) is 0 Å². The van der Waals surface area contributed by atoms with Gasteiger partial charge in [0.1, 0.15) is 0 Å². The topological polar surface area (TPSA) is 49.6 Å². The SMILES string of the molecule is Cc1ccc2ccc(C)nc2n1.N#C[Se].[Au].[CH3-].[CH3-]. The van der Waals surface area contributed by atoms with Crippen molar-refractivity contribution in [2.24, 2.45) is 0 Å². The molecule has 2 radical (unpaired) electrons. The molecule has 0 aromatic carbocycles. The fourth-order valence-electron chi connectivity index (χ4n) is 1.19. The maximum absolute atomic E-state index is 7.26. The van der Waals surface area contributed by atoms with Crippen LogP contribution in [0.2, 0.25) is 0 Å². The van der Waals surface area contributed by atoms with Crippen LogP contribution in [0.5, 0.6) is 0 Å². The van der Waals surface area contributed by atoms with Crippen LogP contribution in [0, 0.1) is 38.9 Å². The molecule has 0 aliphatic heterocycles. The molecule has 102 valence electrons. The van der Waals surface area contributed by atoms with E-state index in [0.717, 1.165) is 22.4 Å². The Morgan fingerprint density at radius 3 is 1.67 bits per heavy atom. The van der Waals surface area contributed by atoms with Crippen molar-refractivity contribution in [3.8, 4) is 4.97 Å². The second-order valence-electron chi connectivity index (χ2n) is 3.04. The summed E-state index contributed by atoms with van der Waals surface area (Å²) >= 11 is 2.11. The van der Waals surface area contributed by atoms with Crippen molar-refractivity contribution in [1.29, 1.82) is 5.26 Å². The molecule has 2 aromatic rings. The summed E-state index contributed by atoms with van der Waals surface area (Å²) in [6.07, 6.45) is 0. The minimum atomic E-state index is 0. The molecule has 0 amide bonds. The molecule has 18 heavy (non-hydrogen) atoms. The van der Waals surface area contributed by atoms with E-state index in [4.69, 9.17) is 5.26 Å². The predicted octanol–water partition coefficient (Wildman–Crippen LogP) is 2.78. The third kappa shape index (κ3) is 6.90. The van der Waals surface area contributed by atoms with E-state index in [1.165, 1.54) is 0 Å². The van der Waals surface area contributed by atoms with Gasteiger partial charge in [0, 0.05) is 39.2 Å². The van der Waals surface area contributed by atoms with Crippen molar-refractivity contribution in [3.05, 3.63) is 50.5 Å². The van der Waals surface area contributed by atoms with Crippen LogP contribution < -0.4 is 0 Å². The summed E-state index contributed by atoms with van der Waals surface area (Å²) in [5.74, 6) is 0. The van der Waals surface area contributed by atoms with Gasteiger partial charge in [0.15, 0.2) is 5.65 Å². The van der Waals surface area contributed by atoms with Crippen molar-refractivity contribution in [3.63, 3.8) is 0 Å². The van der Waals surface area contributed by atoms with E-state index in [-0.39, 0.29) is 37.2 Å². The molecule has 0 bridgehead atoms. The molecule has 0 spiro atoms. The molecule has 2 aromatic heterocycles. The zero-order valence-corrected chi connectivity index (χ0v) is 14.7. The minimum absolute atomic E-state index is 0. The van der Waals surface area contributed by atoms with E-state index in [2.05, 4.69) is 26.0 Å². The van der Waals surface area contributed by atoms with Gasteiger partial charge in [-0.15, -0.1) is 0 Å². The summed E-state index contributed by atoms with van der Waals surface area (Å²) in [5.41, 5.74) is 2.87. The molecule has 0 unspecified atom stereocenters. The zero-order valence-electron chi connectivity index (χ0n) is 10.9. The molecule has 0 N–H and O–H groups in total. The van der Waals surface area contributed by atoms with Crippen molar-refractivity contribution in [1.82, 2.24) is 9.97 Å². The first kappa shape index (κ1) is 22.5. The van der Waals surface area contributed by atoms with E-state index in [1.807, 2.05) is 38.1 Å². The van der Waals surface area contributed by atoms with Gasteiger partial charge >= 0.3 is 26.2 Å². The number of nitrogens with zero attached hydrogens (tertiary/aromatic N) is 3. The van der Waals surface area contributed by atoms with Crippen LogP contribution in [0.1, 0.15) is 11.4 Å². The summed E-state index contributed by atoms with van der Waals surface area (Å²) in [7, 11) is 0. The number of hydrogen-bond donors (Lipinski definition) is 0. The fourth-order valence-corrected chi connectivity index (χ4v) is 1.19. The normalized spacial score (nSPS) is 7.39. The Hall–Kier alpha value is -0.690. The van der Waals surface area contributed by atoms with Crippen LogP contribution >= 0.6 is 0 Å². The molecule has 0 saturated heterocycles. The average Bonchev–Trinajstić information content (AvgIpc) is 2.18. The summed E-state index contributed by atoms with van der Waals surface area (Å²) in [4.78, 5) is 10.3. The first-order valence-electron chi connectivity index (χ1n) is 4.39. The standard InChI is InChI=1S/C10H10N2.CNSe.2CH3.Au/c1-7-3-5-9-6-4-8(2)12-10(9)11-7;2-1-3;;;/h3-6H,1-2H3;;2*1H3;/q;;2*-1;. The van der Waals surface area contributed by atoms with Crippen molar-refractivity contribution in [2.45, 2.75) is 13.8 Å². The van der Waals surface area contributed by atoms with Gasteiger partial charge in [-0.1, -0.05) is 0 Å². The van der Waals surface area contributed by atoms with Gasteiger partial charge in [0.2, 0.25) is 0 Å². The molecular formula is C13H16AuN3Se-2. The Labute approximate surface area is 133 Å². The van der Waals surface area contributed by atoms with Gasteiger partial charge in [-0.3, -0.25) is 0 Å². The summed E-state index contributed by atoms with van der Waals surface area (Å²) < 4.78 is 0. The monoisotopic (exact) mass is 491 g/mol. The smallest absolute Gasteiger partial charge is 0 e. The Kier molecular flexibility index (Phi) is 14.2. The summed E-state index contributed by atoms with van der Waals surface area (Å²) in [6, 6.07) is 8.09. The molecule has 3 nitrogen and oxygen atoms in total. The van der Waals surface area contributed by atoms with Crippen LogP contribution in [-0.2, 0) is 22.4 Å². The van der Waals surface area contributed by atoms with Gasteiger partial charge in [-0.2, -0.15) is 0 Å². The largest absolute Gasteiger partial charge is 0.358 e. The molecule has 0 aliphatic rings. The molecule has 0 atom stereocenters. The van der Waals surface area contributed by atoms with Crippen molar-refractivity contribution in [2.75, 3.05) is 0 Å². The number of fused-ring (bicyclic) bond motifs is 1. The summed E-state index contributed by atoms with van der Waals surface area (Å²) in [5, 5.41) is 8.37. The number of pyridine rings is 2. The van der Waals surface area contributed by atoms with Gasteiger partial charge in [0.25, 0.3) is 0 Å². The van der Waals surface area contributed by atoms with Crippen LogP contribution in [0.15, 0.2) is 24.3 Å². The quantitative estimate of drug-likeness (QED) is 0.422. The van der Waals surface area contributed by atoms with E-state index in [0.29, 0.717) is 0 Å². The Morgan fingerprint density at radius 2 is 1.33 bits per heavy atom. The van der Waals surface area contributed by atoms with Crippen LogP contribution in [0.3, 0.4) is 0 Å². The van der Waals surface area contributed by atoms with Gasteiger partial charge in [-0.25, -0.2) is 9.97 Å². The van der Waals surface area contributed by atoms with Crippen LogP contribution in [-0.4, -0.2) is 26.0 Å². The number of aryl methyl sites for hydroxylation is 2. The van der Waals surface area contributed by atoms with E-state index >= 15 is 0 Å². The van der Waals surface area contributed by atoms with E-state index in [1.54, 1.807) is 4.97 Å². The molecule has 2 heterocycles. The average molecular weight is 490 g/mol. The Bertz CT molecular complexity index is 472. The third-order valence-electron chi connectivity index (χ3n) is 1.83. The molecule has 0 fully saturated rings. The molecule has 2 rings (SSSR count). The zero-order chi connectivity index (χ0) is 11.3. The number of nitriles is 1. The second kappa shape index (κ2) is 11.4. The number of rotatable bonds is 0. The third-order valence-corrected chi connectivity index (χ3v) is 1.83. The van der Waals surface area contributed by atoms with Crippen molar-refractivity contribution < 1.29 is 22.4 Å². The number of hydrogen-bond acceptors (Lipinski definition) is 3. The van der Waals surface area contributed by atoms with E-state index < -0.39 is 0 Å². The van der Waals surface area contributed by atoms with Crippen LogP contribution in [0.25, 0.3) is 11.0 Å². The minimum Gasteiger partial charge on any atom is -0.358 e. The maximum atomic E-state index is 7.26. The maximum Gasteiger partial charge on any atom is 0 e. The Balaban J connectivity index is -0.000000345. The second-order valence-corrected chi connectivity index (χ2v) is 3.43. The van der Waals surface area contributed by atoms with Gasteiger partial charge in [-0.05, 0) is 38.1 Å². The summed E-state index contributed by atoms with van der Waals surface area (Å²) in [6.45, 7) is 3.95. The molecular weight excluding hydrogens is 474 g/mol. The van der Waals surface area contributed by atoms with Gasteiger partial charge < -0.3 is 14.9 Å².